The lowest BCUT2D eigenvalue weighted by molar-refractivity contribution is -0.139. The number of halogens is 1. The highest BCUT2D eigenvalue weighted by Crippen LogP contribution is 2.32. The fourth-order valence-corrected chi connectivity index (χ4v) is 5.68. The fourth-order valence-electron chi connectivity index (χ4n) is 3.85. The summed E-state index contributed by atoms with van der Waals surface area (Å²) in [5.74, 6) is 0.187. The smallest absolute Gasteiger partial charge is 0.338 e. The Balaban J connectivity index is 1.96. The van der Waals surface area contributed by atoms with Crippen LogP contribution in [0.3, 0.4) is 0 Å². The molecule has 9 heteroatoms. The van der Waals surface area contributed by atoms with E-state index in [1.54, 1.807) is 43.4 Å². The number of esters is 1. The van der Waals surface area contributed by atoms with Crippen LogP contribution in [-0.4, -0.2) is 30.5 Å². The van der Waals surface area contributed by atoms with Crippen molar-refractivity contribution in [3.05, 3.63) is 89.0 Å². The molecule has 0 spiro atoms. The lowest BCUT2D eigenvalue weighted by atomic mass is 9.96. The number of aromatic nitrogens is 1. The van der Waals surface area contributed by atoms with Gasteiger partial charge in [-0.05, 0) is 62.1 Å². The molecular weight excluding hydrogens is 536 g/mol. The summed E-state index contributed by atoms with van der Waals surface area (Å²) < 4.78 is 13.8. The molecule has 2 aromatic carbocycles. The van der Waals surface area contributed by atoms with Crippen molar-refractivity contribution in [3.8, 4) is 5.75 Å². The molecular formula is C25H23BrN2O4S2. The number of rotatable bonds is 6. The van der Waals surface area contributed by atoms with E-state index in [9.17, 15) is 9.59 Å². The summed E-state index contributed by atoms with van der Waals surface area (Å²) in [5.41, 5.74) is 2.29. The van der Waals surface area contributed by atoms with Crippen molar-refractivity contribution in [2.75, 3.05) is 20.0 Å². The molecule has 1 atom stereocenters. The van der Waals surface area contributed by atoms with Crippen molar-refractivity contribution in [3.63, 3.8) is 0 Å². The summed E-state index contributed by atoms with van der Waals surface area (Å²) in [5, 5.41) is 0. The molecule has 0 fully saturated rings. The van der Waals surface area contributed by atoms with Gasteiger partial charge in [-0.3, -0.25) is 9.36 Å². The standard InChI is InChI=1S/C25H23BrN2O4S2/c1-5-32-24(30)21-14(2)27-25-28(22(21)15-6-9-18(33-4)10-7-15)23(29)20(34-25)13-16-12-17(26)8-11-19(16)31-3/h6-13,22H,5H2,1-4H3/b20-13+. The van der Waals surface area contributed by atoms with Crippen LogP contribution in [0.4, 0.5) is 0 Å². The topological polar surface area (TPSA) is 69.9 Å². The first-order valence-electron chi connectivity index (χ1n) is 10.5. The monoisotopic (exact) mass is 558 g/mol. The van der Waals surface area contributed by atoms with E-state index in [0.717, 1.165) is 20.5 Å². The van der Waals surface area contributed by atoms with Crippen LogP contribution < -0.4 is 19.6 Å². The van der Waals surface area contributed by atoms with Crippen LogP contribution in [0.1, 0.15) is 31.0 Å². The molecule has 0 saturated carbocycles. The molecule has 0 radical (unpaired) electrons. The van der Waals surface area contributed by atoms with Gasteiger partial charge in [-0.25, -0.2) is 9.79 Å². The summed E-state index contributed by atoms with van der Waals surface area (Å²) in [4.78, 5) is 32.9. The van der Waals surface area contributed by atoms with Crippen LogP contribution in [0.25, 0.3) is 6.08 Å². The number of thioether (sulfide) groups is 1. The Bertz CT molecular complexity index is 1460. The lowest BCUT2D eigenvalue weighted by Gasteiger charge is -2.24. The third-order valence-electron chi connectivity index (χ3n) is 5.43. The second-order valence-electron chi connectivity index (χ2n) is 7.46. The third-order valence-corrected chi connectivity index (χ3v) is 7.65. The molecule has 1 aliphatic rings. The van der Waals surface area contributed by atoms with E-state index in [4.69, 9.17) is 9.47 Å². The van der Waals surface area contributed by atoms with Gasteiger partial charge >= 0.3 is 5.97 Å². The number of fused-ring (bicyclic) bond motifs is 1. The second kappa shape index (κ2) is 10.3. The Morgan fingerprint density at radius 2 is 2.00 bits per heavy atom. The summed E-state index contributed by atoms with van der Waals surface area (Å²) >= 11 is 6.39. The highest BCUT2D eigenvalue weighted by Gasteiger charge is 2.33. The normalized spacial score (nSPS) is 15.7. The molecule has 1 aliphatic heterocycles. The number of carbonyl (C=O) groups is 1. The van der Waals surface area contributed by atoms with Crippen LogP contribution in [-0.2, 0) is 9.53 Å². The van der Waals surface area contributed by atoms with Gasteiger partial charge in [0.05, 0.1) is 35.6 Å². The van der Waals surface area contributed by atoms with Crippen LogP contribution in [0.5, 0.6) is 5.75 Å². The van der Waals surface area contributed by atoms with Crippen LogP contribution in [0.15, 0.2) is 72.9 Å². The summed E-state index contributed by atoms with van der Waals surface area (Å²) in [6.07, 6.45) is 3.80. The predicted octanol–water partition coefficient (Wildman–Crippen LogP) is 4.29. The summed E-state index contributed by atoms with van der Waals surface area (Å²) in [7, 11) is 1.59. The minimum Gasteiger partial charge on any atom is -0.496 e. The SMILES string of the molecule is CCOC(=O)C1=C(C)N=c2s/c(=C/c3cc(Br)ccc3OC)c(=O)n2C1c1ccc(SC)cc1. The van der Waals surface area contributed by atoms with Gasteiger partial charge in [0.25, 0.3) is 5.56 Å². The summed E-state index contributed by atoms with van der Waals surface area (Å²) in [6.45, 7) is 3.78. The highest BCUT2D eigenvalue weighted by atomic mass is 79.9. The molecule has 2 heterocycles. The maximum Gasteiger partial charge on any atom is 0.338 e. The first-order valence-corrected chi connectivity index (χ1v) is 13.4. The first-order chi connectivity index (χ1) is 16.4. The van der Waals surface area contributed by atoms with Gasteiger partial charge in [-0.2, -0.15) is 0 Å². The average Bonchev–Trinajstić information content (AvgIpc) is 3.13. The lowest BCUT2D eigenvalue weighted by Crippen LogP contribution is -2.39. The molecule has 6 nitrogen and oxygen atoms in total. The average molecular weight is 560 g/mol. The fraction of sp³-hybridized carbons (Fsp3) is 0.240. The molecule has 1 unspecified atom stereocenters. The number of thiazole rings is 1. The van der Waals surface area contributed by atoms with Gasteiger partial charge in [-0.15, -0.1) is 11.8 Å². The minimum atomic E-state index is -0.627. The van der Waals surface area contributed by atoms with Crippen molar-refractivity contribution in [2.24, 2.45) is 4.99 Å². The molecule has 0 bridgehead atoms. The van der Waals surface area contributed by atoms with Gasteiger partial charge in [0.15, 0.2) is 4.80 Å². The molecule has 176 valence electrons. The Kier molecular flexibility index (Phi) is 7.45. The van der Waals surface area contributed by atoms with E-state index in [-0.39, 0.29) is 12.2 Å². The van der Waals surface area contributed by atoms with E-state index >= 15 is 0 Å². The minimum absolute atomic E-state index is 0.223. The number of nitrogens with zero attached hydrogens (tertiary/aromatic N) is 2. The Morgan fingerprint density at radius 1 is 1.26 bits per heavy atom. The molecule has 0 saturated heterocycles. The van der Waals surface area contributed by atoms with Gasteiger partial charge in [-0.1, -0.05) is 39.4 Å². The number of carbonyl (C=O) groups excluding carboxylic acids is 1. The predicted molar refractivity (Wildman–Crippen MR) is 139 cm³/mol. The molecule has 0 aliphatic carbocycles. The van der Waals surface area contributed by atoms with Crippen LogP contribution in [0, 0.1) is 0 Å². The Morgan fingerprint density at radius 3 is 2.65 bits per heavy atom. The molecule has 0 N–H and O–H groups in total. The number of hydrogen-bond donors (Lipinski definition) is 0. The summed E-state index contributed by atoms with van der Waals surface area (Å²) in [6, 6.07) is 12.9. The van der Waals surface area contributed by atoms with Crippen molar-refractivity contribution in [1.29, 1.82) is 0 Å². The first kappa shape index (κ1) is 24.5. The van der Waals surface area contributed by atoms with Gasteiger partial charge in [0, 0.05) is 14.9 Å². The van der Waals surface area contributed by atoms with Crippen molar-refractivity contribution in [2.45, 2.75) is 24.8 Å². The van der Waals surface area contributed by atoms with Crippen LogP contribution in [0.2, 0.25) is 0 Å². The largest absolute Gasteiger partial charge is 0.496 e. The van der Waals surface area contributed by atoms with E-state index in [2.05, 4.69) is 20.9 Å². The maximum absolute atomic E-state index is 13.7. The zero-order chi connectivity index (χ0) is 24.4. The molecule has 34 heavy (non-hydrogen) atoms. The van der Waals surface area contributed by atoms with Gasteiger partial charge in [0.2, 0.25) is 0 Å². The molecule has 4 rings (SSSR count). The number of hydrogen-bond acceptors (Lipinski definition) is 7. The molecule has 3 aromatic rings. The maximum atomic E-state index is 13.7. The van der Waals surface area contributed by atoms with Gasteiger partial charge < -0.3 is 9.47 Å². The number of methoxy groups -OCH3 is 1. The van der Waals surface area contributed by atoms with E-state index in [1.807, 2.05) is 48.7 Å². The van der Waals surface area contributed by atoms with Gasteiger partial charge in [0.1, 0.15) is 5.75 Å². The van der Waals surface area contributed by atoms with Crippen molar-refractivity contribution < 1.29 is 14.3 Å². The van der Waals surface area contributed by atoms with E-state index < -0.39 is 12.0 Å². The Labute approximate surface area is 213 Å². The quantitative estimate of drug-likeness (QED) is 0.333. The zero-order valence-electron chi connectivity index (χ0n) is 19.1. The number of allylic oxidation sites excluding steroid dienone is 1. The molecule has 0 amide bonds. The highest BCUT2D eigenvalue weighted by molar-refractivity contribution is 9.10. The zero-order valence-corrected chi connectivity index (χ0v) is 22.3. The van der Waals surface area contributed by atoms with E-state index in [1.165, 1.54) is 11.3 Å². The van der Waals surface area contributed by atoms with Crippen molar-refractivity contribution in [1.82, 2.24) is 4.57 Å². The number of benzene rings is 2. The number of ether oxygens (including phenoxy) is 2. The van der Waals surface area contributed by atoms with Crippen molar-refractivity contribution >= 4 is 51.1 Å². The van der Waals surface area contributed by atoms with Crippen LogP contribution >= 0.6 is 39.0 Å². The van der Waals surface area contributed by atoms with E-state index in [0.29, 0.717) is 26.4 Å². The second-order valence-corrected chi connectivity index (χ2v) is 10.3. The Hall–Kier alpha value is -2.62. The molecule has 1 aromatic heterocycles. The third kappa shape index (κ3) is 4.64.